The van der Waals surface area contributed by atoms with Gasteiger partial charge in [-0.15, -0.1) is 0 Å². The van der Waals surface area contributed by atoms with Crippen molar-refractivity contribution in [1.82, 2.24) is 0 Å². The standard InChI is InChI=1S/C21H30O2S/c1-12(22)15-3-4-16-14-10-19-18-9-13(23)5-8-21(18,11-24-19)17(14)6-7-20(15,16)2/h14-19H,3-11H2,1-2H3/t14?,15?,16?,17?,18-,19-,20-,21+/m1/s1. The van der Waals surface area contributed by atoms with Crippen molar-refractivity contribution in [1.29, 1.82) is 0 Å². The smallest absolute Gasteiger partial charge is 0.133 e. The number of carbonyl (C=O) groups excluding carboxylic acids is 2. The van der Waals surface area contributed by atoms with Crippen LogP contribution in [0, 0.1) is 40.4 Å². The number of rotatable bonds is 1. The fourth-order valence-corrected chi connectivity index (χ4v) is 10.3. The normalized spacial score (nSPS) is 55.7. The van der Waals surface area contributed by atoms with Crippen LogP contribution in [0.3, 0.4) is 0 Å². The van der Waals surface area contributed by atoms with E-state index in [1.54, 1.807) is 0 Å². The summed E-state index contributed by atoms with van der Waals surface area (Å²) in [7, 11) is 0. The van der Waals surface area contributed by atoms with Crippen LogP contribution in [0.25, 0.3) is 0 Å². The largest absolute Gasteiger partial charge is 0.300 e. The maximum absolute atomic E-state index is 12.2. The molecule has 5 fully saturated rings. The van der Waals surface area contributed by atoms with Crippen molar-refractivity contribution < 1.29 is 9.59 Å². The summed E-state index contributed by atoms with van der Waals surface area (Å²) in [5.41, 5.74) is 0.743. The van der Waals surface area contributed by atoms with Crippen LogP contribution in [0.2, 0.25) is 0 Å². The zero-order chi connectivity index (χ0) is 16.7. The van der Waals surface area contributed by atoms with Gasteiger partial charge in [-0.05, 0) is 85.7 Å². The van der Waals surface area contributed by atoms with E-state index in [1.165, 1.54) is 37.9 Å². The average Bonchev–Trinajstić information content (AvgIpc) is 3.02. The second kappa shape index (κ2) is 5.11. The fraction of sp³-hybridized carbons (Fsp3) is 0.905. The molecule has 0 aromatic rings. The van der Waals surface area contributed by atoms with E-state index in [0.29, 0.717) is 28.8 Å². The maximum atomic E-state index is 12.2. The number of Topliss-reactive ketones (excluding diaryl/α,β-unsaturated/α-hetero) is 2. The van der Waals surface area contributed by atoms with Gasteiger partial charge >= 0.3 is 0 Å². The van der Waals surface area contributed by atoms with Crippen LogP contribution in [0.5, 0.6) is 0 Å². The zero-order valence-electron chi connectivity index (χ0n) is 15.1. The highest BCUT2D eigenvalue weighted by Gasteiger charge is 2.66. The van der Waals surface area contributed by atoms with Gasteiger partial charge in [-0.1, -0.05) is 6.92 Å². The Morgan fingerprint density at radius 3 is 2.75 bits per heavy atom. The lowest BCUT2D eigenvalue weighted by Gasteiger charge is -2.59. The van der Waals surface area contributed by atoms with Gasteiger partial charge in [-0.25, -0.2) is 0 Å². The van der Waals surface area contributed by atoms with Gasteiger partial charge in [-0.3, -0.25) is 9.59 Å². The Bertz CT molecular complexity index is 601. The predicted octanol–water partition coefficient (Wildman–Crippen LogP) is 4.51. The molecule has 4 unspecified atom stereocenters. The summed E-state index contributed by atoms with van der Waals surface area (Å²) in [6.07, 6.45) is 9.19. The molecule has 0 aromatic heterocycles. The summed E-state index contributed by atoms with van der Waals surface area (Å²) in [5, 5.41) is 0.731. The predicted molar refractivity (Wildman–Crippen MR) is 96.9 cm³/mol. The van der Waals surface area contributed by atoms with Crippen LogP contribution >= 0.6 is 11.8 Å². The van der Waals surface area contributed by atoms with Gasteiger partial charge in [0.05, 0.1) is 0 Å². The molecule has 132 valence electrons. The second-order valence-electron chi connectivity index (χ2n) is 9.83. The molecule has 8 atom stereocenters. The molecule has 1 heterocycles. The molecule has 4 saturated carbocycles. The van der Waals surface area contributed by atoms with Crippen LogP contribution in [0.1, 0.15) is 65.2 Å². The Morgan fingerprint density at radius 1 is 1.12 bits per heavy atom. The van der Waals surface area contributed by atoms with E-state index in [2.05, 4.69) is 18.7 Å². The van der Waals surface area contributed by atoms with Gasteiger partial charge in [0.25, 0.3) is 0 Å². The van der Waals surface area contributed by atoms with Crippen molar-refractivity contribution in [2.24, 2.45) is 40.4 Å². The molecule has 1 saturated heterocycles. The summed E-state index contributed by atoms with van der Waals surface area (Å²) >= 11 is 2.20. The fourth-order valence-electron chi connectivity index (χ4n) is 8.23. The molecule has 24 heavy (non-hydrogen) atoms. The molecule has 0 amide bonds. The van der Waals surface area contributed by atoms with Gasteiger partial charge in [0.1, 0.15) is 11.6 Å². The van der Waals surface area contributed by atoms with Crippen LogP contribution in [0.15, 0.2) is 0 Å². The molecule has 0 spiro atoms. The minimum atomic E-state index is 0.269. The summed E-state index contributed by atoms with van der Waals surface area (Å²) in [5.74, 6) is 5.71. The quantitative estimate of drug-likeness (QED) is 0.700. The molecule has 0 N–H and O–H groups in total. The van der Waals surface area contributed by atoms with E-state index in [4.69, 9.17) is 0 Å². The van der Waals surface area contributed by atoms with E-state index in [9.17, 15) is 9.59 Å². The topological polar surface area (TPSA) is 34.1 Å². The van der Waals surface area contributed by atoms with E-state index in [0.717, 1.165) is 42.3 Å². The van der Waals surface area contributed by atoms with E-state index in [1.807, 2.05) is 6.92 Å². The minimum Gasteiger partial charge on any atom is -0.300 e. The third-order valence-electron chi connectivity index (χ3n) is 9.24. The molecule has 4 aliphatic carbocycles. The first-order valence-corrected chi connectivity index (χ1v) is 11.1. The molecule has 2 nitrogen and oxygen atoms in total. The van der Waals surface area contributed by atoms with Gasteiger partial charge < -0.3 is 0 Å². The monoisotopic (exact) mass is 346 g/mol. The van der Waals surface area contributed by atoms with Crippen LogP contribution < -0.4 is 0 Å². The first kappa shape index (κ1) is 15.9. The highest BCUT2D eigenvalue weighted by atomic mass is 32.2. The summed E-state index contributed by atoms with van der Waals surface area (Å²) < 4.78 is 0. The number of carbonyl (C=O) groups is 2. The molecule has 0 aromatic carbocycles. The maximum Gasteiger partial charge on any atom is 0.133 e. The Kier molecular flexibility index (Phi) is 3.39. The number of hydrogen-bond acceptors (Lipinski definition) is 3. The summed E-state index contributed by atoms with van der Waals surface area (Å²) in [6, 6.07) is 0. The first-order chi connectivity index (χ1) is 11.5. The average molecular weight is 347 g/mol. The van der Waals surface area contributed by atoms with Gasteiger partial charge in [0.15, 0.2) is 0 Å². The molecule has 2 bridgehead atoms. The van der Waals surface area contributed by atoms with Crippen molar-refractivity contribution in [3.05, 3.63) is 0 Å². The lowest BCUT2D eigenvalue weighted by Crippen LogP contribution is -2.56. The van der Waals surface area contributed by atoms with Crippen molar-refractivity contribution in [2.75, 3.05) is 5.75 Å². The third-order valence-corrected chi connectivity index (χ3v) is 10.9. The van der Waals surface area contributed by atoms with Gasteiger partial charge in [-0.2, -0.15) is 11.8 Å². The third kappa shape index (κ3) is 1.86. The molecule has 5 rings (SSSR count). The van der Waals surface area contributed by atoms with Gasteiger partial charge in [0.2, 0.25) is 0 Å². The molecular formula is C21H30O2S. The van der Waals surface area contributed by atoms with Crippen molar-refractivity contribution >= 4 is 23.3 Å². The number of thioether (sulfide) groups is 1. The van der Waals surface area contributed by atoms with Crippen LogP contribution in [-0.4, -0.2) is 22.6 Å². The summed E-state index contributed by atoms with van der Waals surface area (Å²) in [4.78, 5) is 24.3. The van der Waals surface area contributed by atoms with Crippen LogP contribution in [0.4, 0.5) is 0 Å². The van der Waals surface area contributed by atoms with Crippen LogP contribution in [-0.2, 0) is 9.59 Å². The summed E-state index contributed by atoms with van der Waals surface area (Å²) in [6.45, 7) is 4.27. The van der Waals surface area contributed by atoms with Crippen molar-refractivity contribution in [2.45, 2.75) is 70.5 Å². The zero-order valence-corrected chi connectivity index (χ0v) is 15.9. The van der Waals surface area contributed by atoms with Crippen molar-refractivity contribution in [3.8, 4) is 0 Å². The molecule has 0 radical (unpaired) electrons. The lowest BCUT2D eigenvalue weighted by atomic mass is 9.44. The van der Waals surface area contributed by atoms with Gasteiger partial charge in [0, 0.05) is 24.0 Å². The molecule has 3 heteroatoms. The molecular weight excluding hydrogens is 316 g/mol. The highest BCUT2D eigenvalue weighted by Crippen LogP contribution is 2.71. The van der Waals surface area contributed by atoms with Crippen molar-refractivity contribution in [3.63, 3.8) is 0 Å². The number of fused-ring (bicyclic) bond motifs is 3. The number of ketones is 2. The number of hydrogen-bond donors (Lipinski definition) is 0. The minimum absolute atomic E-state index is 0.269. The molecule has 1 aliphatic heterocycles. The first-order valence-electron chi connectivity index (χ1n) is 10.1. The second-order valence-corrected chi connectivity index (χ2v) is 11.1. The van der Waals surface area contributed by atoms with E-state index < -0.39 is 0 Å². The SMILES string of the molecule is CC(=O)C1CCC2C3C[C@H]4SC[C@@]5(CCC(=O)C[C@H]45)C3CC[C@]12C. The molecule has 5 aliphatic rings. The van der Waals surface area contributed by atoms with E-state index in [-0.39, 0.29) is 5.41 Å². The highest BCUT2D eigenvalue weighted by molar-refractivity contribution is 8.00. The lowest BCUT2D eigenvalue weighted by molar-refractivity contribution is -0.139. The Hall–Kier alpha value is -0.310. The Morgan fingerprint density at radius 2 is 1.96 bits per heavy atom. The van der Waals surface area contributed by atoms with E-state index >= 15 is 0 Å². The Labute approximate surface area is 149 Å². The Balaban J connectivity index is 1.50.